The van der Waals surface area contributed by atoms with E-state index in [2.05, 4.69) is 36.5 Å². The molecule has 0 spiro atoms. The Morgan fingerprint density at radius 2 is 1.89 bits per heavy atom. The number of benzene rings is 1. The molecule has 0 aliphatic heterocycles. The second-order valence-electron chi connectivity index (χ2n) is 6.92. The van der Waals surface area contributed by atoms with Crippen LogP contribution in [0, 0.1) is 23.7 Å². The van der Waals surface area contributed by atoms with Crippen molar-refractivity contribution in [1.82, 2.24) is 0 Å². The SMILES string of the molecule is CCc1ccccc1NC1CC2CC1C1CCCC21. The summed E-state index contributed by atoms with van der Waals surface area (Å²) in [7, 11) is 0. The van der Waals surface area contributed by atoms with Crippen molar-refractivity contribution >= 4 is 5.69 Å². The van der Waals surface area contributed by atoms with Crippen LogP contribution in [0.3, 0.4) is 0 Å². The van der Waals surface area contributed by atoms with Crippen LogP contribution in [0.1, 0.15) is 44.6 Å². The molecule has 5 unspecified atom stereocenters. The van der Waals surface area contributed by atoms with Crippen molar-refractivity contribution in [2.75, 3.05) is 5.32 Å². The summed E-state index contributed by atoms with van der Waals surface area (Å²) in [5, 5.41) is 3.90. The lowest BCUT2D eigenvalue weighted by molar-refractivity contribution is 0.243. The molecule has 0 saturated heterocycles. The number of hydrogen-bond donors (Lipinski definition) is 1. The van der Waals surface area contributed by atoms with Crippen molar-refractivity contribution in [2.24, 2.45) is 23.7 Å². The highest BCUT2D eigenvalue weighted by molar-refractivity contribution is 5.52. The quantitative estimate of drug-likeness (QED) is 0.839. The first kappa shape index (κ1) is 11.8. The molecule has 1 heteroatoms. The third kappa shape index (κ3) is 1.81. The first-order valence-electron chi connectivity index (χ1n) is 8.21. The number of nitrogens with one attached hydrogen (secondary N) is 1. The molecule has 19 heavy (non-hydrogen) atoms. The minimum Gasteiger partial charge on any atom is -0.382 e. The summed E-state index contributed by atoms with van der Waals surface area (Å²) in [5.41, 5.74) is 2.88. The zero-order valence-electron chi connectivity index (χ0n) is 11.9. The highest BCUT2D eigenvalue weighted by atomic mass is 15.0. The molecule has 1 N–H and O–H groups in total. The fourth-order valence-corrected chi connectivity index (χ4v) is 5.40. The van der Waals surface area contributed by atoms with E-state index in [1.807, 2.05) is 0 Å². The molecule has 5 atom stereocenters. The Hall–Kier alpha value is -0.980. The second-order valence-corrected chi connectivity index (χ2v) is 6.92. The van der Waals surface area contributed by atoms with Gasteiger partial charge in [-0.25, -0.2) is 0 Å². The molecule has 3 aliphatic carbocycles. The van der Waals surface area contributed by atoms with Crippen LogP contribution in [0.25, 0.3) is 0 Å². The maximum Gasteiger partial charge on any atom is 0.0374 e. The number of para-hydroxylation sites is 1. The summed E-state index contributed by atoms with van der Waals surface area (Å²) < 4.78 is 0. The molecule has 2 bridgehead atoms. The van der Waals surface area contributed by atoms with E-state index >= 15 is 0 Å². The fraction of sp³-hybridized carbons (Fsp3) is 0.667. The Kier molecular flexibility index (Phi) is 2.82. The van der Waals surface area contributed by atoms with Crippen molar-refractivity contribution in [3.05, 3.63) is 29.8 Å². The summed E-state index contributed by atoms with van der Waals surface area (Å²) in [6, 6.07) is 9.65. The smallest absolute Gasteiger partial charge is 0.0374 e. The van der Waals surface area contributed by atoms with E-state index in [9.17, 15) is 0 Å². The number of rotatable bonds is 3. The van der Waals surface area contributed by atoms with Gasteiger partial charge in [-0.05, 0) is 67.4 Å². The molecule has 1 aromatic rings. The van der Waals surface area contributed by atoms with E-state index in [1.165, 1.54) is 43.4 Å². The Labute approximate surface area is 116 Å². The van der Waals surface area contributed by atoms with Crippen molar-refractivity contribution in [3.63, 3.8) is 0 Å². The third-order valence-corrected chi connectivity index (χ3v) is 6.17. The number of aryl methyl sites for hydroxylation is 1. The van der Waals surface area contributed by atoms with E-state index in [0.29, 0.717) is 0 Å². The molecule has 0 radical (unpaired) electrons. The van der Waals surface area contributed by atoms with Gasteiger partial charge in [-0.2, -0.15) is 0 Å². The molecular formula is C18H25N. The lowest BCUT2D eigenvalue weighted by Gasteiger charge is -2.33. The Morgan fingerprint density at radius 3 is 2.79 bits per heavy atom. The molecule has 4 rings (SSSR count). The highest BCUT2D eigenvalue weighted by Gasteiger charge is 2.53. The average Bonchev–Trinajstić information content (AvgIpc) is 3.11. The van der Waals surface area contributed by atoms with E-state index < -0.39 is 0 Å². The standard InChI is InChI=1S/C18H25N/c1-2-12-6-3-4-9-17(12)19-18-11-13-10-16(18)15-8-5-7-14(13)15/h3-4,6,9,13-16,18-19H,2,5,7-8,10-11H2,1H3. The van der Waals surface area contributed by atoms with Crippen LogP contribution in [0.4, 0.5) is 5.69 Å². The summed E-state index contributed by atoms with van der Waals surface area (Å²) in [6.07, 6.45) is 8.63. The van der Waals surface area contributed by atoms with E-state index in [4.69, 9.17) is 0 Å². The van der Waals surface area contributed by atoms with Crippen LogP contribution < -0.4 is 5.32 Å². The van der Waals surface area contributed by atoms with Gasteiger partial charge in [0.05, 0.1) is 0 Å². The molecule has 0 aromatic heterocycles. The predicted octanol–water partition coefficient (Wildman–Crippen LogP) is 4.49. The zero-order chi connectivity index (χ0) is 12.8. The van der Waals surface area contributed by atoms with Crippen LogP contribution in [-0.2, 0) is 6.42 Å². The van der Waals surface area contributed by atoms with Crippen molar-refractivity contribution in [3.8, 4) is 0 Å². The van der Waals surface area contributed by atoms with Gasteiger partial charge in [0, 0.05) is 11.7 Å². The largest absolute Gasteiger partial charge is 0.382 e. The molecular weight excluding hydrogens is 230 g/mol. The molecule has 3 fully saturated rings. The van der Waals surface area contributed by atoms with Crippen molar-refractivity contribution in [1.29, 1.82) is 0 Å². The average molecular weight is 255 g/mol. The van der Waals surface area contributed by atoms with Gasteiger partial charge in [0.15, 0.2) is 0 Å². The van der Waals surface area contributed by atoms with Crippen LogP contribution in [0.15, 0.2) is 24.3 Å². The van der Waals surface area contributed by atoms with Gasteiger partial charge in [0.2, 0.25) is 0 Å². The lowest BCUT2D eigenvalue weighted by atomic mass is 9.79. The van der Waals surface area contributed by atoms with E-state index in [1.54, 1.807) is 0 Å². The second kappa shape index (κ2) is 4.54. The van der Waals surface area contributed by atoms with Crippen LogP contribution in [0.2, 0.25) is 0 Å². The summed E-state index contributed by atoms with van der Waals surface area (Å²) in [5.74, 6) is 4.18. The zero-order valence-corrected chi connectivity index (χ0v) is 11.9. The normalized spacial score (nSPS) is 39.5. The van der Waals surface area contributed by atoms with Gasteiger partial charge in [-0.3, -0.25) is 0 Å². The van der Waals surface area contributed by atoms with Crippen LogP contribution in [-0.4, -0.2) is 6.04 Å². The van der Waals surface area contributed by atoms with Gasteiger partial charge in [-0.15, -0.1) is 0 Å². The molecule has 3 aliphatic rings. The first-order chi connectivity index (χ1) is 9.36. The molecule has 102 valence electrons. The van der Waals surface area contributed by atoms with Gasteiger partial charge in [-0.1, -0.05) is 31.5 Å². The number of hydrogen-bond acceptors (Lipinski definition) is 1. The fourth-order valence-electron chi connectivity index (χ4n) is 5.40. The lowest BCUT2D eigenvalue weighted by Crippen LogP contribution is -2.34. The van der Waals surface area contributed by atoms with Gasteiger partial charge >= 0.3 is 0 Å². The maximum atomic E-state index is 3.90. The predicted molar refractivity (Wildman–Crippen MR) is 80.3 cm³/mol. The van der Waals surface area contributed by atoms with E-state index in [0.717, 1.165) is 36.1 Å². The summed E-state index contributed by atoms with van der Waals surface area (Å²) in [4.78, 5) is 0. The van der Waals surface area contributed by atoms with Gasteiger partial charge in [0.1, 0.15) is 0 Å². The van der Waals surface area contributed by atoms with Gasteiger partial charge in [0.25, 0.3) is 0 Å². The minimum atomic E-state index is 0.761. The molecule has 3 saturated carbocycles. The highest BCUT2D eigenvalue weighted by Crippen LogP contribution is 2.59. The minimum absolute atomic E-state index is 0.761. The Bertz CT molecular complexity index is 467. The Balaban J connectivity index is 1.53. The summed E-state index contributed by atoms with van der Waals surface area (Å²) in [6.45, 7) is 2.26. The molecule has 1 nitrogen and oxygen atoms in total. The number of fused-ring (bicyclic) bond motifs is 5. The van der Waals surface area contributed by atoms with Crippen molar-refractivity contribution < 1.29 is 0 Å². The first-order valence-corrected chi connectivity index (χ1v) is 8.21. The monoisotopic (exact) mass is 255 g/mol. The van der Waals surface area contributed by atoms with Crippen LogP contribution in [0.5, 0.6) is 0 Å². The maximum absolute atomic E-state index is 3.90. The van der Waals surface area contributed by atoms with Crippen LogP contribution >= 0.6 is 0 Å². The molecule has 0 amide bonds. The van der Waals surface area contributed by atoms with Gasteiger partial charge < -0.3 is 5.32 Å². The Morgan fingerprint density at radius 1 is 1.05 bits per heavy atom. The molecule has 1 aromatic carbocycles. The third-order valence-electron chi connectivity index (χ3n) is 6.17. The summed E-state index contributed by atoms with van der Waals surface area (Å²) >= 11 is 0. The topological polar surface area (TPSA) is 12.0 Å². The van der Waals surface area contributed by atoms with Crippen molar-refractivity contribution in [2.45, 2.75) is 51.5 Å². The molecule has 0 heterocycles. The number of anilines is 1. The van der Waals surface area contributed by atoms with E-state index in [-0.39, 0.29) is 0 Å².